The highest BCUT2D eigenvalue weighted by Crippen LogP contribution is 2.32. The van der Waals surface area contributed by atoms with Crippen molar-refractivity contribution < 1.29 is 14.3 Å². The van der Waals surface area contributed by atoms with Gasteiger partial charge in [-0.15, -0.1) is 0 Å². The second kappa shape index (κ2) is 7.20. The zero-order valence-electron chi connectivity index (χ0n) is 14.2. The summed E-state index contributed by atoms with van der Waals surface area (Å²) in [6.45, 7) is 0.834. The Hall–Kier alpha value is -3.19. The first kappa shape index (κ1) is 17.2. The van der Waals surface area contributed by atoms with E-state index in [0.29, 0.717) is 41.1 Å². The SMILES string of the molecule is O=C(Cn1[nH]c(-c2ccc(Cl)cc2)cc1=O)Nc1ccc2c(c1)OCCO2. The molecule has 4 rings (SSSR count). The summed E-state index contributed by atoms with van der Waals surface area (Å²) < 4.78 is 12.2. The number of hydrogen-bond acceptors (Lipinski definition) is 4. The van der Waals surface area contributed by atoms with Crippen LogP contribution in [0.3, 0.4) is 0 Å². The molecule has 138 valence electrons. The van der Waals surface area contributed by atoms with Gasteiger partial charge in [-0.2, -0.15) is 0 Å². The van der Waals surface area contributed by atoms with Gasteiger partial charge in [-0.05, 0) is 29.8 Å². The predicted molar refractivity (Wildman–Crippen MR) is 102 cm³/mol. The van der Waals surface area contributed by atoms with Crippen LogP contribution < -0.4 is 20.3 Å². The van der Waals surface area contributed by atoms with Gasteiger partial charge in [0.25, 0.3) is 5.56 Å². The third-order valence-corrected chi connectivity index (χ3v) is 4.32. The van der Waals surface area contributed by atoms with Crippen LogP contribution in [0, 0.1) is 0 Å². The highest BCUT2D eigenvalue weighted by Gasteiger charge is 2.14. The van der Waals surface area contributed by atoms with Crippen LogP contribution >= 0.6 is 11.6 Å². The second-order valence-electron chi connectivity index (χ2n) is 6.01. The Morgan fingerprint density at radius 2 is 1.81 bits per heavy atom. The van der Waals surface area contributed by atoms with E-state index in [9.17, 15) is 9.59 Å². The number of ether oxygens (including phenoxy) is 2. The first-order valence-electron chi connectivity index (χ1n) is 8.34. The lowest BCUT2D eigenvalue weighted by Crippen LogP contribution is -2.26. The van der Waals surface area contributed by atoms with Crippen molar-refractivity contribution in [2.75, 3.05) is 18.5 Å². The lowest BCUT2D eigenvalue weighted by molar-refractivity contribution is -0.116. The van der Waals surface area contributed by atoms with Gasteiger partial charge in [0.05, 0.1) is 5.69 Å². The van der Waals surface area contributed by atoms with E-state index in [-0.39, 0.29) is 18.0 Å². The van der Waals surface area contributed by atoms with E-state index in [1.807, 2.05) is 0 Å². The highest BCUT2D eigenvalue weighted by molar-refractivity contribution is 6.30. The van der Waals surface area contributed by atoms with Gasteiger partial charge in [-0.1, -0.05) is 23.7 Å². The Morgan fingerprint density at radius 1 is 1.07 bits per heavy atom. The van der Waals surface area contributed by atoms with Gasteiger partial charge in [0.15, 0.2) is 11.5 Å². The van der Waals surface area contributed by atoms with Crippen LogP contribution in [-0.2, 0) is 11.3 Å². The van der Waals surface area contributed by atoms with Crippen LogP contribution in [0.1, 0.15) is 0 Å². The number of rotatable bonds is 4. The number of nitrogens with one attached hydrogen (secondary N) is 2. The van der Waals surface area contributed by atoms with E-state index in [4.69, 9.17) is 21.1 Å². The topological polar surface area (TPSA) is 85.4 Å². The maximum atomic E-state index is 12.3. The van der Waals surface area contributed by atoms with Crippen LogP contribution in [0.2, 0.25) is 5.02 Å². The van der Waals surface area contributed by atoms with E-state index in [2.05, 4.69) is 10.4 Å². The van der Waals surface area contributed by atoms with Gasteiger partial charge in [-0.25, -0.2) is 4.68 Å². The van der Waals surface area contributed by atoms with E-state index < -0.39 is 0 Å². The Morgan fingerprint density at radius 3 is 2.59 bits per heavy atom. The number of carbonyl (C=O) groups is 1. The van der Waals surface area contributed by atoms with Gasteiger partial charge in [-0.3, -0.25) is 14.7 Å². The van der Waals surface area contributed by atoms with Crippen molar-refractivity contribution in [2.45, 2.75) is 6.54 Å². The predicted octanol–water partition coefficient (Wildman–Crippen LogP) is 2.91. The number of amides is 1. The summed E-state index contributed by atoms with van der Waals surface area (Å²) in [4.78, 5) is 24.5. The normalized spacial score (nSPS) is 12.6. The van der Waals surface area contributed by atoms with Crippen LogP contribution in [0.4, 0.5) is 5.69 Å². The fourth-order valence-electron chi connectivity index (χ4n) is 2.79. The van der Waals surface area contributed by atoms with Crippen LogP contribution in [0.15, 0.2) is 53.3 Å². The maximum Gasteiger partial charge on any atom is 0.267 e. The Kier molecular flexibility index (Phi) is 4.60. The fourth-order valence-corrected chi connectivity index (χ4v) is 2.92. The quantitative estimate of drug-likeness (QED) is 0.723. The number of hydrogen-bond donors (Lipinski definition) is 2. The minimum absolute atomic E-state index is 0.138. The molecule has 1 aliphatic rings. The van der Waals surface area contributed by atoms with Crippen molar-refractivity contribution in [1.29, 1.82) is 0 Å². The number of fused-ring (bicyclic) bond motifs is 1. The molecule has 8 heteroatoms. The van der Waals surface area contributed by atoms with Gasteiger partial charge >= 0.3 is 0 Å². The summed E-state index contributed by atoms with van der Waals surface area (Å²) in [7, 11) is 0. The summed E-state index contributed by atoms with van der Waals surface area (Å²) in [6.07, 6.45) is 0. The molecular formula is C19H16ClN3O4. The summed E-state index contributed by atoms with van der Waals surface area (Å²) in [5, 5.41) is 6.30. The number of H-pyrrole nitrogens is 1. The molecule has 3 aromatic rings. The summed E-state index contributed by atoms with van der Waals surface area (Å²) >= 11 is 5.88. The first-order valence-corrected chi connectivity index (χ1v) is 8.71. The van der Waals surface area contributed by atoms with Crippen LogP contribution in [-0.4, -0.2) is 28.9 Å². The average molecular weight is 386 g/mol. The monoisotopic (exact) mass is 385 g/mol. The molecule has 7 nitrogen and oxygen atoms in total. The number of benzene rings is 2. The summed E-state index contributed by atoms with van der Waals surface area (Å²) in [5.41, 5.74) is 1.70. The number of carbonyl (C=O) groups excluding carboxylic acids is 1. The van der Waals surface area contributed by atoms with E-state index >= 15 is 0 Å². The van der Waals surface area contributed by atoms with Crippen LogP contribution in [0.25, 0.3) is 11.3 Å². The van der Waals surface area contributed by atoms with Crippen LogP contribution in [0.5, 0.6) is 11.5 Å². The molecule has 1 amide bonds. The highest BCUT2D eigenvalue weighted by atomic mass is 35.5. The van der Waals surface area contributed by atoms with Crippen molar-refractivity contribution >= 4 is 23.2 Å². The molecule has 2 aromatic carbocycles. The largest absolute Gasteiger partial charge is 0.486 e. The van der Waals surface area contributed by atoms with E-state index in [1.54, 1.807) is 42.5 Å². The third kappa shape index (κ3) is 3.83. The molecule has 0 aliphatic carbocycles. The van der Waals surface area contributed by atoms with Crippen molar-refractivity contribution in [1.82, 2.24) is 9.78 Å². The van der Waals surface area contributed by atoms with Gasteiger partial charge < -0.3 is 14.8 Å². The van der Waals surface area contributed by atoms with E-state index in [0.717, 1.165) is 5.56 Å². The lowest BCUT2D eigenvalue weighted by atomic mass is 10.2. The first-order chi connectivity index (χ1) is 13.1. The summed E-state index contributed by atoms with van der Waals surface area (Å²) in [6, 6.07) is 13.7. The van der Waals surface area contributed by atoms with Crippen molar-refractivity contribution in [3.63, 3.8) is 0 Å². The Bertz CT molecular complexity index is 1040. The summed E-state index contributed by atoms with van der Waals surface area (Å²) in [5.74, 6) is 0.895. The fraction of sp³-hybridized carbons (Fsp3) is 0.158. The number of aromatic amines is 1. The second-order valence-corrected chi connectivity index (χ2v) is 6.44. The smallest absolute Gasteiger partial charge is 0.267 e. The molecule has 2 N–H and O–H groups in total. The molecule has 2 heterocycles. The van der Waals surface area contributed by atoms with Gasteiger partial charge in [0.1, 0.15) is 19.8 Å². The van der Waals surface area contributed by atoms with Crippen molar-refractivity contribution in [3.05, 3.63) is 63.9 Å². The van der Waals surface area contributed by atoms with Crippen molar-refractivity contribution in [2.24, 2.45) is 0 Å². The minimum Gasteiger partial charge on any atom is -0.486 e. The minimum atomic E-state index is -0.335. The molecule has 0 spiro atoms. The molecular weight excluding hydrogens is 370 g/mol. The number of nitrogens with zero attached hydrogens (tertiary/aromatic N) is 1. The zero-order chi connectivity index (χ0) is 18.8. The molecule has 0 saturated heterocycles. The Labute approximate surface area is 159 Å². The van der Waals surface area contributed by atoms with Crippen molar-refractivity contribution in [3.8, 4) is 22.8 Å². The van der Waals surface area contributed by atoms with E-state index in [1.165, 1.54) is 10.7 Å². The number of aromatic nitrogens is 2. The molecule has 0 saturated carbocycles. The number of anilines is 1. The third-order valence-electron chi connectivity index (χ3n) is 4.07. The van der Waals surface area contributed by atoms with Gasteiger partial charge in [0.2, 0.25) is 5.91 Å². The molecule has 0 fully saturated rings. The Balaban J connectivity index is 1.47. The molecule has 1 aliphatic heterocycles. The standard InChI is InChI=1S/C19H16ClN3O4/c20-13-3-1-12(2-4-13)15-10-19(25)23(22-15)11-18(24)21-14-5-6-16-17(9-14)27-8-7-26-16/h1-6,9-10,22H,7-8,11H2,(H,21,24). The van der Waals surface area contributed by atoms with Gasteiger partial charge in [0, 0.05) is 22.8 Å². The molecule has 0 atom stereocenters. The molecule has 1 aromatic heterocycles. The molecule has 27 heavy (non-hydrogen) atoms. The maximum absolute atomic E-state index is 12.3. The average Bonchev–Trinajstić information content (AvgIpc) is 3.02. The molecule has 0 radical (unpaired) electrons. The zero-order valence-corrected chi connectivity index (χ0v) is 15.0. The molecule has 0 bridgehead atoms. The number of halogens is 1. The molecule has 0 unspecified atom stereocenters. The lowest BCUT2D eigenvalue weighted by Gasteiger charge is -2.19.